The molecule has 4 rings (SSSR count). The molecule has 9 nitrogen and oxygen atoms in total. The Morgan fingerprint density at radius 1 is 1.30 bits per heavy atom. The van der Waals surface area contributed by atoms with Gasteiger partial charge in [-0.2, -0.15) is 5.10 Å². The Bertz CT molecular complexity index is 718. The smallest absolute Gasteiger partial charge is 0.241 e. The molecule has 0 bridgehead atoms. The fraction of sp³-hybridized carbons (Fsp3) is 0.643. The molecule has 122 valence electrons. The highest BCUT2D eigenvalue weighted by Gasteiger charge is 2.34. The zero-order valence-corrected chi connectivity index (χ0v) is 13.3. The van der Waals surface area contributed by atoms with Gasteiger partial charge in [-0.25, -0.2) is 4.68 Å². The largest absolute Gasteiger partial charge is 0.307 e. The topological polar surface area (TPSA) is 85.0 Å². The first kappa shape index (κ1) is 14.3. The molecule has 0 N–H and O–H groups in total. The van der Waals surface area contributed by atoms with Crippen molar-refractivity contribution in [1.82, 2.24) is 34.9 Å². The molecule has 1 aliphatic carbocycles. The minimum absolute atomic E-state index is 0.0330. The third kappa shape index (κ3) is 2.61. The third-order valence-corrected chi connectivity index (χ3v) is 4.59. The molecule has 2 aliphatic rings. The van der Waals surface area contributed by atoms with Gasteiger partial charge in [0.15, 0.2) is 5.82 Å². The van der Waals surface area contributed by atoms with Gasteiger partial charge in [-0.15, -0.1) is 5.10 Å². The van der Waals surface area contributed by atoms with Gasteiger partial charge in [0.2, 0.25) is 5.91 Å². The first-order chi connectivity index (χ1) is 11.1. The van der Waals surface area contributed by atoms with Crippen molar-refractivity contribution >= 4 is 11.6 Å². The third-order valence-electron chi connectivity index (χ3n) is 4.59. The van der Waals surface area contributed by atoms with Crippen molar-refractivity contribution < 1.29 is 4.79 Å². The van der Waals surface area contributed by atoms with Crippen molar-refractivity contribution in [2.45, 2.75) is 31.8 Å². The van der Waals surface area contributed by atoms with Crippen LogP contribution in [0.2, 0.25) is 0 Å². The number of hydrogen-bond donors (Lipinski definition) is 0. The van der Waals surface area contributed by atoms with Gasteiger partial charge in [0.25, 0.3) is 0 Å². The van der Waals surface area contributed by atoms with E-state index in [1.807, 2.05) is 17.9 Å². The fourth-order valence-corrected chi connectivity index (χ4v) is 3.06. The number of hydrogen-bond acceptors (Lipinski definition) is 6. The molecule has 23 heavy (non-hydrogen) atoms. The van der Waals surface area contributed by atoms with E-state index in [9.17, 15) is 4.79 Å². The average Bonchev–Trinajstić information content (AvgIpc) is 3.11. The summed E-state index contributed by atoms with van der Waals surface area (Å²) in [4.78, 5) is 16.4. The number of aromatic nitrogens is 6. The monoisotopic (exact) mass is 316 g/mol. The van der Waals surface area contributed by atoms with Crippen molar-refractivity contribution in [2.75, 3.05) is 24.5 Å². The first-order valence-corrected chi connectivity index (χ1v) is 7.94. The number of nitrogens with zero attached hydrogens (tertiary/aromatic N) is 8. The van der Waals surface area contributed by atoms with Gasteiger partial charge in [-0.3, -0.25) is 14.4 Å². The van der Waals surface area contributed by atoms with Crippen LogP contribution in [0.15, 0.2) is 12.4 Å². The molecule has 0 spiro atoms. The fourth-order valence-electron chi connectivity index (χ4n) is 3.06. The SMILES string of the molecule is CC(c1nnnn1C1CC1)N1CCN(c2cnn(C)c2)C(=O)C1. The Kier molecular flexibility index (Phi) is 3.37. The summed E-state index contributed by atoms with van der Waals surface area (Å²) in [7, 11) is 1.85. The van der Waals surface area contributed by atoms with Crippen molar-refractivity contribution in [3.8, 4) is 0 Å². The van der Waals surface area contributed by atoms with E-state index in [1.54, 1.807) is 15.8 Å². The number of anilines is 1. The van der Waals surface area contributed by atoms with E-state index in [1.165, 1.54) is 0 Å². The lowest BCUT2D eigenvalue weighted by molar-refractivity contribution is -0.122. The predicted molar refractivity (Wildman–Crippen MR) is 81.6 cm³/mol. The molecule has 1 aliphatic heterocycles. The molecule has 3 heterocycles. The van der Waals surface area contributed by atoms with Crippen molar-refractivity contribution in [3.05, 3.63) is 18.2 Å². The summed E-state index contributed by atoms with van der Waals surface area (Å²) in [5.41, 5.74) is 0.854. The molecule has 2 aromatic heterocycles. The molecule has 0 aromatic carbocycles. The molecule has 1 saturated carbocycles. The van der Waals surface area contributed by atoms with Gasteiger partial charge in [-0.05, 0) is 30.2 Å². The molecule has 2 fully saturated rings. The number of carbonyl (C=O) groups is 1. The van der Waals surface area contributed by atoms with Crippen LogP contribution in [0.5, 0.6) is 0 Å². The van der Waals surface area contributed by atoms with Gasteiger partial charge in [0.05, 0.1) is 30.5 Å². The lowest BCUT2D eigenvalue weighted by Gasteiger charge is -2.36. The highest BCUT2D eigenvalue weighted by Crippen LogP contribution is 2.36. The van der Waals surface area contributed by atoms with E-state index in [0.717, 1.165) is 30.9 Å². The summed E-state index contributed by atoms with van der Waals surface area (Å²) in [6, 6.07) is 0.473. The highest BCUT2D eigenvalue weighted by atomic mass is 16.2. The highest BCUT2D eigenvalue weighted by molar-refractivity contribution is 5.95. The predicted octanol–water partition coefficient (Wildman–Crippen LogP) is 0.151. The maximum atomic E-state index is 12.5. The van der Waals surface area contributed by atoms with Crippen LogP contribution in [0.4, 0.5) is 5.69 Å². The van der Waals surface area contributed by atoms with Gasteiger partial charge in [0, 0.05) is 26.3 Å². The first-order valence-electron chi connectivity index (χ1n) is 7.94. The van der Waals surface area contributed by atoms with Crippen LogP contribution < -0.4 is 4.90 Å². The maximum Gasteiger partial charge on any atom is 0.241 e. The standard InChI is InChI=1S/C14H20N8O/c1-10(14-16-17-18-22(14)11-3-4-11)20-5-6-21(13(23)9-20)12-7-15-19(2)8-12/h7-8,10-11H,3-6,9H2,1-2H3. The van der Waals surface area contributed by atoms with Crippen LogP contribution >= 0.6 is 0 Å². The van der Waals surface area contributed by atoms with Gasteiger partial charge in [-0.1, -0.05) is 0 Å². The van der Waals surface area contributed by atoms with Gasteiger partial charge >= 0.3 is 0 Å². The summed E-state index contributed by atoms with van der Waals surface area (Å²) < 4.78 is 3.63. The minimum Gasteiger partial charge on any atom is -0.307 e. The molecular formula is C14H20N8O. The number of tetrazole rings is 1. The molecule has 1 unspecified atom stereocenters. The number of aryl methyl sites for hydroxylation is 1. The molecule has 1 amide bonds. The van der Waals surface area contributed by atoms with Crippen LogP contribution in [0, 0.1) is 0 Å². The van der Waals surface area contributed by atoms with Crippen molar-refractivity contribution in [3.63, 3.8) is 0 Å². The van der Waals surface area contributed by atoms with Gasteiger partial charge < -0.3 is 4.90 Å². The second kappa shape index (κ2) is 5.41. The summed E-state index contributed by atoms with van der Waals surface area (Å²) in [6.07, 6.45) is 5.87. The summed E-state index contributed by atoms with van der Waals surface area (Å²) in [5, 5.41) is 16.2. The molecule has 2 aromatic rings. The quantitative estimate of drug-likeness (QED) is 0.798. The zero-order valence-electron chi connectivity index (χ0n) is 13.3. The Morgan fingerprint density at radius 3 is 2.78 bits per heavy atom. The Labute approximate surface area is 133 Å². The second-order valence-corrected chi connectivity index (χ2v) is 6.28. The van der Waals surface area contributed by atoms with E-state index >= 15 is 0 Å². The normalized spacial score (nSPS) is 21.0. The van der Waals surface area contributed by atoms with Crippen molar-refractivity contribution in [2.24, 2.45) is 7.05 Å². The van der Waals surface area contributed by atoms with Crippen LogP contribution in [-0.2, 0) is 11.8 Å². The lowest BCUT2D eigenvalue weighted by Crippen LogP contribution is -2.51. The minimum atomic E-state index is 0.0330. The Balaban J connectivity index is 1.47. The number of rotatable bonds is 4. The lowest BCUT2D eigenvalue weighted by atomic mass is 10.2. The average molecular weight is 316 g/mol. The molecular weight excluding hydrogens is 296 g/mol. The summed E-state index contributed by atoms with van der Waals surface area (Å²) >= 11 is 0. The number of amides is 1. The van der Waals surface area contributed by atoms with Crippen LogP contribution in [0.1, 0.15) is 37.7 Å². The number of piperazine rings is 1. The molecule has 9 heteroatoms. The van der Waals surface area contributed by atoms with E-state index in [4.69, 9.17) is 0 Å². The van der Waals surface area contributed by atoms with Crippen LogP contribution in [-0.4, -0.2) is 60.4 Å². The van der Waals surface area contributed by atoms with E-state index in [-0.39, 0.29) is 11.9 Å². The van der Waals surface area contributed by atoms with E-state index < -0.39 is 0 Å². The Hall–Kier alpha value is -2.29. The van der Waals surface area contributed by atoms with E-state index in [0.29, 0.717) is 19.1 Å². The summed E-state index contributed by atoms with van der Waals surface area (Å²) in [6.45, 7) is 3.88. The molecule has 1 atom stereocenters. The van der Waals surface area contributed by atoms with E-state index in [2.05, 4.69) is 32.4 Å². The number of carbonyl (C=O) groups excluding carboxylic acids is 1. The second-order valence-electron chi connectivity index (χ2n) is 6.28. The van der Waals surface area contributed by atoms with Crippen LogP contribution in [0.3, 0.4) is 0 Å². The maximum absolute atomic E-state index is 12.5. The van der Waals surface area contributed by atoms with Crippen LogP contribution in [0.25, 0.3) is 0 Å². The van der Waals surface area contributed by atoms with Crippen molar-refractivity contribution in [1.29, 1.82) is 0 Å². The molecule has 1 saturated heterocycles. The Morgan fingerprint density at radius 2 is 2.13 bits per heavy atom. The zero-order chi connectivity index (χ0) is 16.0. The summed E-state index contributed by atoms with van der Waals surface area (Å²) in [5.74, 6) is 0.941. The molecule has 0 radical (unpaired) electrons. The van der Waals surface area contributed by atoms with Gasteiger partial charge in [0.1, 0.15) is 0 Å².